The number of anilines is 1. The van der Waals surface area contributed by atoms with Gasteiger partial charge in [0.1, 0.15) is 5.75 Å². The lowest BCUT2D eigenvalue weighted by Crippen LogP contribution is -2.13. The number of benzene rings is 1. The van der Waals surface area contributed by atoms with Crippen molar-refractivity contribution in [3.05, 3.63) is 39.5 Å². The Hall–Kier alpha value is -1.82. The molecule has 0 spiro atoms. The first kappa shape index (κ1) is 13.6. The number of hydrogen-bond acceptors (Lipinski definition) is 4. The summed E-state index contributed by atoms with van der Waals surface area (Å²) in [5.74, 6) is 0.539. The number of aromatic nitrogens is 1. The molecule has 0 aliphatic rings. The molecular weight excluding hydrogens is 312 g/mol. The molecule has 0 fully saturated rings. The summed E-state index contributed by atoms with van der Waals surface area (Å²) in [6.45, 7) is 3.65. The summed E-state index contributed by atoms with van der Waals surface area (Å²) in [5.41, 5.74) is 1.99. The van der Waals surface area contributed by atoms with Gasteiger partial charge < -0.3 is 9.26 Å². The van der Waals surface area contributed by atoms with Crippen LogP contribution in [0.4, 0.5) is 5.88 Å². The molecule has 0 radical (unpaired) electrons. The lowest BCUT2D eigenvalue weighted by atomic mass is 10.2. The first-order chi connectivity index (χ1) is 9.02. The van der Waals surface area contributed by atoms with Gasteiger partial charge in [0.05, 0.1) is 18.4 Å². The minimum Gasteiger partial charge on any atom is -0.496 e. The van der Waals surface area contributed by atoms with Gasteiger partial charge in [-0.05, 0) is 32.0 Å². The summed E-state index contributed by atoms with van der Waals surface area (Å²) in [6, 6.07) is 5.18. The molecule has 100 valence electrons. The van der Waals surface area contributed by atoms with Crippen molar-refractivity contribution in [1.29, 1.82) is 0 Å². The summed E-state index contributed by atoms with van der Waals surface area (Å²) in [4.78, 5) is 12.2. The van der Waals surface area contributed by atoms with E-state index in [2.05, 4.69) is 26.4 Å². The average molecular weight is 325 g/mol. The lowest BCUT2D eigenvalue weighted by molar-refractivity contribution is 0.102. The van der Waals surface area contributed by atoms with E-state index < -0.39 is 0 Å². The second kappa shape index (κ2) is 5.44. The Morgan fingerprint density at radius 1 is 1.42 bits per heavy atom. The molecule has 0 aliphatic heterocycles. The number of rotatable bonds is 3. The molecule has 0 aliphatic carbocycles. The van der Waals surface area contributed by atoms with Crippen LogP contribution in [-0.2, 0) is 0 Å². The van der Waals surface area contributed by atoms with E-state index in [1.165, 1.54) is 7.11 Å². The highest BCUT2D eigenvalue weighted by Crippen LogP contribution is 2.25. The van der Waals surface area contributed by atoms with Crippen LogP contribution in [0, 0.1) is 13.8 Å². The molecule has 1 heterocycles. The molecule has 0 atom stereocenters. The number of carbonyl (C=O) groups is 1. The van der Waals surface area contributed by atoms with Crippen LogP contribution in [0.2, 0.25) is 0 Å². The monoisotopic (exact) mass is 324 g/mol. The van der Waals surface area contributed by atoms with Crippen LogP contribution in [0.1, 0.15) is 21.6 Å². The number of methoxy groups -OCH3 is 1. The van der Waals surface area contributed by atoms with E-state index in [4.69, 9.17) is 9.26 Å². The van der Waals surface area contributed by atoms with E-state index in [1.54, 1.807) is 18.2 Å². The molecule has 0 saturated carbocycles. The minimum atomic E-state index is -0.302. The van der Waals surface area contributed by atoms with Crippen molar-refractivity contribution in [2.45, 2.75) is 13.8 Å². The maximum Gasteiger partial charge on any atom is 0.261 e. The third kappa shape index (κ3) is 2.78. The van der Waals surface area contributed by atoms with Crippen molar-refractivity contribution in [2.75, 3.05) is 12.4 Å². The number of halogens is 1. The first-order valence-corrected chi connectivity index (χ1v) is 6.40. The van der Waals surface area contributed by atoms with Crippen LogP contribution in [0.3, 0.4) is 0 Å². The van der Waals surface area contributed by atoms with Crippen LogP contribution in [0.25, 0.3) is 0 Å². The molecule has 0 bridgehead atoms. The van der Waals surface area contributed by atoms with E-state index in [-0.39, 0.29) is 5.91 Å². The Labute approximate surface area is 119 Å². The fourth-order valence-corrected chi connectivity index (χ4v) is 1.90. The van der Waals surface area contributed by atoms with Gasteiger partial charge in [0, 0.05) is 10.0 Å². The predicted molar refractivity (Wildman–Crippen MR) is 74.6 cm³/mol. The zero-order valence-corrected chi connectivity index (χ0v) is 12.4. The van der Waals surface area contributed by atoms with E-state index >= 15 is 0 Å². The van der Waals surface area contributed by atoms with Gasteiger partial charge in [-0.15, -0.1) is 0 Å². The number of aryl methyl sites for hydroxylation is 1. The van der Waals surface area contributed by atoms with Crippen LogP contribution in [0.5, 0.6) is 5.75 Å². The standard InChI is InChI=1S/C13H13BrN2O3/c1-7-8(2)16-19-13(7)15-12(17)10-5-4-9(14)6-11(10)18-3/h4-6H,1-3H3,(H,15,17). The molecule has 1 amide bonds. The highest BCUT2D eigenvalue weighted by Gasteiger charge is 2.16. The molecule has 19 heavy (non-hydrogen) atoms. The predicted octanol–water partition coefficient (Wildman–Crippen LogP) is 3.31. The largest absolute Gasteiger partial charge is 0.496 e. The number of nitrogens with zero attached hydrogens (tertiary/aromatic N) is 1. The Kier molecular flexibility index (Phi) is 3.90. The van der Waals surface area contributed by atoms with Gasteiger partial charge in [-0.3, -0.25) is 10.1 Å². The molecule has 2 aromatic rings. The van der Waals surface area contributed by atoms with Crippen molar-refractivity contribution in [2.24, 2.45) is 0 Å². The molecular formula is C13H13BrN2O3. The van der Waals surface area contributed by atoms with Crippen molar-refractivity contribution >= 4 is 27.7 Å². The Morgan fingerprint density at radius 3 is 2.74 bits per heavy atom. The average Bonchev–Trinajstić information content (AvgIpc) is 2.70. The Balaban J connectivity index is 2.27. The third-order valence-corrected chi connectivity index (χ3v) is 3.29. The summed E-state index contributed by atoms with van der Waals surface area (Å²) >= 11 is 3.33. The quantitative estimate of drug-likeness (QED) is 0.940. The smallest absolute Gasteiger partial charge is 0.261 e. The summed E-state index contributed by atoms with van der Waals surface area (Å²) in [7, 11) is 1.52. The van der Waals surface area contributed by atoms with Crippen molar-refractivity contribution < 1.29 is 14.1 Å². The maximum atomic E-state index is 12.2. The van der Waals surface area contributed by atoms with E-state index in [0.29, 0.717) is 17.2 Å². The number of amides is 1. The molecule has 1 N–H and O–H groups in total. The molecule has 0 unspecified atom stereocenters. The number of nitrogens with one attached hydrogen (secondary N) is 1. The summed E-state index contributed by atoms with van der Waals surface area (Å²) < 4.78 is 11.1. The van der Waals surface area contributed by atoms with Crippen molar-refractivity contribution in [3.63, 3.8) is 0 Å². The van der Waals surface area contributed by atoms with Crippen LogP contribution in [0.15, 0.2) is 27.2 Å². The zero-order valence-electron chi connectivity index (χ0n) is 10.8. The molecule has 0 saturated heterocycles. The van der Waals surface area contributed by atoms with E-state index in [1.807, 2.05) is 13.8 Å². The first-order valence-electron chi connectivity index (χ1n) is 5.60. The molecule has 5 nitrogen and oxygen atoms in total. The second-order valence-electron chi connectivity index (χ2n) is 4.02. The fourth-order valence-electron chi connectivity index (χ4n) is 1.56. The van der Waals surface area contributed by atoms with Gasteiger partial charge in [-0.1, -0.05) is 21.1 Å². The number of hydrogen-bond donors (Lipinski definition) is 1. The topological polar surface area (TPSA) is 64.4 Å². The molecule has 6 heteroatoms. The molecule has 1 aromatic carbocycles. The SMILES string of the molecule is COc1cc(Br)ccc1C(=O)Nc1onc(C)c1C. The summed E-state index contributed by atoms with van der Waals surface area (Å²) in [5, 5.41) is 6.47. The molecule has 1 aromatic heterocycles. The van der Waals surface area contributed by atoms with E-state index in [0.717, 1.165) is 15.7 Å². The van der Waals surface area contributed by atoms with Crippen molar-refractivity contribution in [3.8, 4) is 5.75 Å². The van der Waals surface area contributed by atoms with Gasteiger partial charge in [-0.25, -0.2) is 0 Å². The van der Waals surface area contributed by atoms with Crippen LogP contribution < -0.4 is 10.1 Å². The number of carbonyl (C=O) groups excluding carboxylic acids is 1. The van der Waals surface area contributed by atoms with Gasteiger partial charge >= 0.3 is 0 Å². The highest BCUT2D eigenvalue weighted by molar-refractivity contribution is 9.10. The van der Waals surface area contributed by atoms with Crippen molar-refractivity contribution in [1.82, 2.24) is 5.16 Å². The number of ether oxygens (including phenoxy) is 1. The van der Waals surface area contributed by atoms with Gasteiger partial charge in [-0.2, -0.15) is 0 Å². The fraction of sp³-hybridized carbons (Fsp3) is 0.231. The van der Waals surface area contributed by atoms with Gasteiger partial charge in [0.2, 0.25) is 5.88 Å². The Bertz CT molecular complexity index is 622. The lowest BCUT2D eigenvalue weighted by Gasteiger charge is -2.08. The zero-order chi connectivity index (χ0) is 14.0. The van der Waals surface area contributed by atoms with Crippen LogP contribution in [-0.4, -0.2) is 18.2 Å². The van der Waals surface area contributed by atoms with Crippen LogP contribution >= 0.6 is 15.9 Å². The second-order valence-corrected chi connectivity index (χ2v) is 4.94. The Morgan fingerprint density at radius 2 is 2.16 bits per heavy atom. The highest BCUT2D eigenvalue weighted by atomic mass is 79.9. The normalized spacial score (nSPS) is 10.3. The molecule has 2 rings (SSSR count). The third-order valence-electron chi connectivity index (χ3n) is 2.79. The van der Waals surface area contributed by atoms with E-state index in [9.17, 15) is 4.79 Å². The minimum absolute atomic E-state index is 0.302. The van der Waals surface area contributed by atoms with Gasteiger partial charge in [0.25, 0.3) is 5.91 Å². The maximum absolute atomic E-state index is 12.2. The summed E-state index contributed by atoms with van der Waals surface area (Å²) in [6.07, 6.45) is 0. The van der Waals surface area contributed by atoms with Gasteiger partial charge in [0.15, 0.2) is 0 Å².